The van der Waals surface area contributed by atoms with Gasteiger partial charge in [0.25, 0.3) is 5.16 Å². The Bertz CT molecular complexity index is 624. The zero-order valence-electron chi connectivity index (χ0n) is 10.2. The summed E-state index contributed by atoms with van der Waals surface area (Å²) in [6.07, 6.45) is 0.812. The number of aliphatic hydroxyl groups excluding tert-OH is 1. The van der Waals surface area contributed by atoms with Crippen molar-refractivity contribution in [2.75, 3.05) is 12.4 Å². The lowest BCUT2D eigenvalue weighted by Crippen LogP contribution is -2.14. The van der Waals surface area contributed by atoms with Crippen molar-refractivity contribution in [3.8, 4) is 5.69 Å². The molecule has 1 aromatic carbocycles. The van der Waals surface area contributed by atoms with Crippen molar-refractivity contribution in [2.45, 2.75) is 18.0 Å². The molecule has 2 rings (SSSR count). The Labute approximate surface area is 110 Å². The number of aliphatic hydroxyl groups is 1. The fourth-order valence-electron chi connectivity index (χ4n) is 1.60. The van der Waals surface area contributed by atoms with Crippen molar-refractivity contribution in [2.24, 2.45) is 0 Å². The first-order valence-corrected chi connectivity index (χ1v) is 7.48. The number of para-hydroxylation sites is 1. The largest absolute Gasteiger partial charge is 0.396 e. The molecule has 7 nitrogen and oxygen atoms in total. The minimum Gasteiger partial charge on any atom is -0.396 e. The second kappa shape index (κ2) is 5.89. The van der Waals surface area contributed by atoms with E-state index in [1.54, 1.807) is 24.3 Å². The van der Waals surface area contributed by atoms with E-state index < -0.39 is 9.84 Å². The third-order valence-electron chi connectivity index (χ3n) is 2.54. The van der Waals surface area contributed by atoms with E-state index in [1.165, 1.54) is 4.68 Å². The van der Waals surface area contributed by atoms with E-state index in [1.807, 2.05) is 6.07 Å². The van der Waals surface area contributed by atoms with Crippen LogP contribution in [0.3, 0.4) is 0 Å². The van der Waals surface area contributed by atoms with Crippen molar-refractivity contribution in [3.05, 3.63) is 30.3 Å². The molecule has 0 radical (unpaired) electrons. The molecule has 1 aromatic heterocycles. The Hall–Kier alpha value is -1.80. The summed E-state index contributed by atoms with van der Waals surface area (Å²) in [5.41, 5.74) is 0.591. The molecule has 102 valence electrons. The van der Waals surface area contributed by atoms with E-state index in [9.17, 15) is 8.42 Å². The number of hydrogen-bond acceptors (Lipinski definition) is 6. The predicted molar refractivity (Wildman–Crippen MR) is 67.5 cm³/mol. The van der Waals surface area contributed by atoms with Crippen molar-refractivity contribution in [1.82, 2.24) is 20.2 Å². The summed E-state index contributed by atoms with van der Waals surface area (Å²) in [6.45, 7) is -0.0286. The van der Waals surface area contributed by atoms with Crippen LogP contribution in [-0.2, 0) is 9.84 Å². The van der Waals surface area contributed by atoms with Gasteiger partial charge in [-0.25, -0.2) is 8.42 Å². The molecule has 0 unspecified atom stereocenters. The first-order chi connectivity index (χ1) is 9.15. The fourth-order valence-corrected chi connectivity index (χ4v) is 2.93. The molecule has 19 heavy (non-hydrogen) atoms. The lowest BCUT2D eigenvalue weighted by Gasteiger charge is -2.05. The molecule has 1 N–H and O–H groups in total. The lowest BCUT2D eigenvalue weighted by molar-refractivity contribution is 0.287. The molecule has 1 heterocycles. The van der Waals surface area contributed by atoms with E-state index in [0.29, 0.717) is 18.5 Å². The van der Waals surface area contributed by atoms with Gasteiger partial charge in [-0.3, -0.25) is 0 Å². The van der Waals surface area contributed by atoms with E-state index in [-0.39, 0.29) is 17.5 Å². The highest BCUT2D eigenvalue weighted by Crippen LogP contribution is 2.13. The summed E-state index contributed by atoms with van der Waals surface area (Å²) >= 11 is 0. The van der Waals surface area contributed by atoms with Gasteiger partial charge in [-0.1, -0.05) is 23.3 Å². The average Bonchev–Trinajstić information content (AvgIpc) is 2.90. The molecule has 0 saturated heterocycles. The van der Waals surface area contributed by atoms with Gasteiger partial charge in [0, 0.05) is 6.61 Å². The maximum Gasteiger partial charge on any atom is 0.272 e. The van der Waals surface area contributed by atoms with Gasteiger partial charge in [0.1, 0.15) is 0 Å². The molecule has 8 heteroatoms. The molecule has 0 amide bonds. The van der Waals surface area contributed by atoms with Gasteiger partial charge in [0.15, 0.2) is 0 Å². The standard InChI is InChI=1S/C11H14N4O3S/c16-8-4-5-9-19(17,18)11-12-13-14-15(11)10-6-2-1-3-7-10/h1-3,6-7,16H,4-5,8-9H2. The fraction of sp³-hybridized carbons (Fsp3) is 0.364. The van der Waals surface area contributed by atoms with Gasteiger partial charge in [0.05, 0.1) is 11.4 Å². The summed E-state index contributed by atoms with van der Waals surface area (Å²) in [7, 11) is -3.55. The molecule has 2 aromatic rings. The van der Waals surface area contributed by atoms with E-state index in [0.717, 1.165) is 0 Å². The van der Waals surface area contributed by atoms with Gasteiger partial charge in [-0.2, -0.15) is 4.68 Å². The van der Waals surface area contributed by atoms with Gasteiger partial charge in [0.2, 0.25) is 9.84 Å². The maximum atomic E-state index is 12.1. The number of hydrogen-bond donors (Lipinski definition) is 1. The number of aromatic nitrogens is 4. The molecule has 0 fully saturated rings. The van der Waals surface area contributed by atoms with Crippen molar-refractivity contribution < 1.29 is 13.5 Å². The Balaban J connectivity index is 2.29. The number of tetrazole rings is 1. The van der Waals surface area contributed by atoms with Gasteiger partial charge < -0.3 is 5.11 Å². The van der Waals surface area contributed by atoms with Crippen LogP contribution in [0.5, 0.6) is 0 Å². The minimum absolute atomic E-state index is 0.0286. The van der Waals surface area contributed by atoms with Gasteiger partial charge >= 0.3 is 0 Å². The number of unbranched alkanes of at least 4 members (excludes halogenated alkanes) is 1. The monoisotopic (exact) mass is 282 g/mol. The molecular weight excluding hydrogens is 268 g/mol. The number of nitrogens with zero attached hydrogens (tertiary/aromatic N) is 4. The van der Waals surface area contributed by atoms with Crippen LogP contribution < -0.4 is 0 Å². The molecule has 0 atom stereocenters. The smallest absolute Gasteiger partial charge is 0.272 e. The molecule has 0 spiro atoms. The Morgan fingerprint density at radius 2 is 1.89 bits per heavy atom. The Morgan fingerprint density at radius 3 is 2.58 bits per heavy atom. The minimum atomic E-state index is -3.55. The molecule has 0 aliphatic rings. The van der Waals surface area contributed by atoms with Crippen molar-refractivity contribution >= 4 is 9.84 Å². The van der Waals surface area contributed by atoms with Crippen LogP contribution in [0.2, 0.25) is 0 Å². The molecule has 0 bridgehead atoms. The summed E-state index contributed by atoms with van der Waals surface area (Å²) in [5.74, 6) is -0.0826. The van der Waals surface area contributed by atoms with Crippen LogP contribution in [-0.4, -0.2) is 46.1 Å². The molecule has 0 aliphatic carbocycles. The first kappa shape index (κ1) is 13.6. The number of sulfone groups is 1. The maximum absolute atomic E-state index is 12.1. The highest BCUT2D eigenvalue weighted by Gasteiger charge is 2.23. The Kier molecular flexibility index (Phi) is 4.23. The lowest BCUT2D eigenvalue weighted by atomic mass is 10.3. The van der Waals surface area contributed by atoms with Crippen LogP contribution in [0, 0.1) is 0 Å². The van der Waals surface area contributed by atoms with Crippen LogP contribution in [0.1, 0.15) is 12.8 Å². The first-order valence-electron chi connectivity index (χ1n) is 5.82. The predicted octanol–water partition coefficient (Wildman–Crippen LogP) is 0.208. The zero-order valence-corrected chi connectivity index (χ0v) is 11.0. The summed E-state index contributed by atoms with van der Waals surface area (Å²) in [5, 5.41) is 19.2. The third-order valence-corrected chi connectivity index (χ3v) is 4.18. The van der Waals surface area contributed by atoms with Crippen molar-refractivity contribution in [3.63, 3.8) is 0 Å². The normalized spacial score (nSPS) is 11.6. The van der Waals surface area contributed by atoms with Crippen molar-refractivity contribution in [1.29, 1.82) is 0 Å². The Morgan fingerprint density at radius 1 is 1.16 bits per heavy atom. The number of rotatable bonds is 6. The zero-order chi connectivity index (χ0) is 13.7. The molecule has 0 saturated carbocycles. The molecule has 0 aliphatic heterocycles. The van der Waals surface area contributed by atoms with Crippen LogP contribution >= 0.6 is 0 Å². The third kappa shape index (κ3) is 3.15. The van der Waals surface area contributed by atoms with Gasteiger partial charge in [-0.05, 0) is 35.4 Å². The van der Waals surface area contributed by atoms with Gasteiger partial charge in [-0.15, -0.1) is 0 Å². The summed E-state index contributed by atoms with van der Waals surface area (Å²) in [4.78, 5) is 0. The van der Waals surface area contributed by atoms with Crippen LogP contribution in [0.4, 0.5) is 0 Å². The quantitative estimate of drug-likeness (QED) is 0.760. The van der Waals surface area contributed by atoms with E-state index in [2.05, 4.69) is 15.5 Å². The van der Waals surface area contributed by atoms with E-state index >= 15 is 0 Å². The topological polar surface area (TPSA) is 98.0 Å². The van der Waals surface area contributed by atoms with Crippen LogP contribution in [0.25, 0.3) is 5.69 Å². The molecular formula is C11H14N4O3S. The summed E-state index contributed by atoms with van der Waals surface area (Å²) in [6, 6.07) is 8.83. The van der Waals surface area contributed by atoms with Crippen LogP contribution in [0.15, 0.2) is 35.5 Å². The summed E-state index contributed by atoms with van der Waals surface area (Å²) < 4.78 is 25.4. The van der Waals surface area contributed by atoms with E-state index in [4.69, 9.17) is 5.11 Å². The second-order valence-electron chi connectivity index (χ2n) is 3.96. The second-order valence-corrected chi connectivity index (χ2v) is 5.96. The number of benzene rings is 1. The SMILES string of the molecule is O=S(=O)(CCCCO)c1nnnn1-c1ccccc1. The highest BCUT2D eigenvalue weighted by molar-refractivity contribution is 7.91. The average molecular weight is 282 g/mol. The highest BCUT2D eigenvalue weighted by atomic mass is 32.2.